The number of rotatable bonds is 68. The van der Waals surface area contributed by atoms with Crippen LogP contribution in [-0.4, -0.2) is 193 Å². The van der Waals surface area contributed by atoms with E-state index in [1.807, 2.05) is 6.08 Å². The quantitative estimate of drug-likeness (QED) is 0.0199. The monoisotopic (exact) mass is 1550 g/mol. The Hall–Kier alpha value is -4.07. The first-order valence-electron chi connectivity index (χ1n) is 43.4. The van der Waals surface area contributed by atoms with Gasteiger partial charge >= 0.3 is 0 Å². The number of nitrogens with one attached hydrogen (secondary N) is 1. The molecular weight excluding hydrogens is 1390 g/mol. The Morgan fingerprint density at radius 2 is 0.636 bits per heavy atom. The molecule has 0 bridgehead atoms. The first-order valence-corrected chi connectivity index (χ1v) is 43.4. The summed E-state index contributed by atoms with van der Waals surface area (Å²) in [4.78, 5) is 13.5. The molecule has 0 saturated carbocycles. The zero-order valence-corrected chi connectivity index (χ0v) is 67.9. The fraction of sp³-hybridized carbons (Fsp3) is 0.747. The Labute approximate surface area is 664 Å². The van der Waals surface area contributed by atoms with E-state index in [9.17, 15) is 61.0 Å². The van der Waals surface area contributed by atoms with Crippen molar-refractivity contribution in [3.8, 4) is 0 Å². The SMILES string of the molecule is CC/C=C\C/C=C\C/C=C\C/C=C\C/C=C\C/C=C\C/C=C\C/C=C\CCCCCCCCCCCCCCCCC(=O)NC(COC1OC(CO)C(OC2OC(CO)C(OC3OC(CO)C(O)C(O)C3O)C(O)C2O)C(O)C1O)C(O)/C=C/CC/C=C/CC/C=C/CCCCCCCCCCCCCCCCCC. The van der Waals surface area contributed by atoms with Gasteiger partial charge in [0.15, 0.2) is 18.9 Å². The number of hydrogen-bond acceptors (Lipinski definition) is 18. The highest BCUT2D eigenvalue weighted by Gasteiger charge is 2.54. The molecule has 17 atom stereocenters. The summed E-state index contributed by atoms with van der Waals surface area (Å²) in [5.74, 6) is -0.292. The summed E-state index contributed by atoms with van der Waals surface area (Å²) in [5, 5.41) is 121. The van der Waals surface area contributed by atoms with E-state index in [0.29, 0.717) is 12.8 Å². The minimum Gasteiger partial charge on any atom is -0.394 e. The standard InChI is InChI=1S/C91H155NO18/c1-3-5-7-9-11-13-15-17-19-21-23-25-27-29-31-32-33-34-35-36-37-38-39-40-41-42-43-45-47-49-51-53-55-57-59-61-63-65-67-69-79(97)92-74(75(96)68-66-64-62-60-58-56-54-52-50-48-46-44-30-28-26-24-22-20-18-16-14-12-10-8-6-4-2)73-105-89-85(103)82(100)87(77(71-94)107-89)110-91-86(104)83(101)88(78(72-95)108-91)109-90-84(102)81(99)80(98)76(70-93)106-90/h5,7,11,13,17,19,23,25,29,31,33-34,36-37,39-40,50,52,58,60,66,68,74-78,80-91,93-96,98-104H,3-4,6,8-10,12,14-16,18,20-22,24,26-28,30,32,35,38,41-49,51,53-57,59,61-65,67,69-73H2,1-2H3,(H,92,97)/b7-5-,13-11-,19-17-,25-23-,31-29-,34-33-,37-36-,40-39-,52-50+,60-58+,68-66+. The van der Waals surface area contributed by atoms with Crippen LogP contribution in [0.15, 0.2) is 134 Å². The van der Waals surface area contributed by atoms with Crippen LogP contribution in [-0.2, 0) is 33.2 Å². The molecule has 3 rings (SSSR count). The fourth-order valence-corrected chi connectivity index (χ4v) is 13.8. The van der Waals surface area contributed by atoms with Crippen LogP contribution in [0.5, 0.6) is 0 Å². The Morgan fingerprint density at radius 3 is 1.02 bits per heavy atom. The van der Waals surface area contributed by atoms with Crippen molar-refractivity contribution in [2.45, 2.75) is 407 Å². The van der Waals surface area contributed by atoms with Crippen molar-refractivity contribution in [2.24, 2.45) is 0 Å². The van der Waals surface area contributed by atoms with Gasteiger partial charge in [0.25, 0.3) is 0 Å². The van der Waals surface area contributed by atoms with Gasteiger partial charge in [0.1, 0.15) is 73.2 Å². The number of carbonyl (C=O) groups excluding carboxylic acids is 1. The second-order valence-electron chi connectivity index (χ2n) is 30.2. The maximum Gasteiger partial charge on any atom is 0.220 e. The molecule has 0 aliphatic carbocycles. The lowest BCUT2D eigenvalue weighted by Crippen LogP contribution is -2.66. The second kappa shape index (κ2) is 69.3. The zero-order valence-electron chi connectivity index (χ0n) is 67.9. The molecule has 12 N–H and O–H groups in total. The van der Waals surface area contributed by atoms with E-state index in [0.717, 1.165) is 109 Å². The lowest BCUT2D eigenvalue weighted by atomic mass is 9.96. The van der Waals surface area contributed by atoms with Crippen molar-refractivity contribution < 1.29 is 89.4 Å². The van der Waals surface area contributed by atoms with Gasteiger partial charge in [0.05, 0.1) is 38.6 Å². The Balaban J connectivity index is 1.35. The van der Waals surface area contributed by atoms with Gasteiger partial charge in [-0.2, -0.15) is 0 Å². The molecule has 19 nitrogen and oxygen atoms in total. The van der Waals surface area contributed by atoms with Crippen LogP contribution in [0, 0.1) is 0 Å². The van der Waals surface area contributed by atoms with Crippen molar-refractivity contribution in [3.63, 3.8) is 0 Å². The molecule has 1 amide bonds. The van der Waals surface area contributed by atoms with Crippen LogP contribution in [0.1, 0.15) is 303 Å². The van der Waals surface area contributed by atoms with Gasteiger partial charge in [-0.15, -0.1) is 0 Å². The van der Waals surface area contributed by atoms with Gasteiger partial charge in [-0.1, -0.05) is 321 Å². The van der Waals surface area contributed by atoms with Gasteiger partial charge in [0, 0.05) is 6.42 Å². The summed E-state index contributed by atoms with van der Waals surface area (Å²) in [6, 6.07) is -1.01. The van der Waals surface area contributed by atoms with Gasteiger partial charge < -0.3 is 89.9 Å². The number of aliphatic hydroxyl groups is 11. The Bertz CT molecular complexity index is 2510. The molecule has 632 valence electrons. The van der Waals surface area contributed by atoms with E-state index in [4.69, 9.17) is 28.4 Å². The average molecular weight is 1550 g/mol. The van der Waals surface area contributed by atoms with Crippen molar-refractivity contribution in [2.75, 3.05) is 26.4 Å². The first-order chi connectivity index (χ1) is 53.8. The van der Waals surface area contributed by atoms with Crippen LogP contribution < -0.4 is 5.32 Å². The van der Waals surface area contributed by atoms with Crippen LogP contribution >= 0.6 is 0 Å². The predicted molar refractivity (Wildman–Crippen MR) is 443 cm³/mol. The molecule has 19 heteroatoms. The number of unbranched alkanes of at least 4 members (excludes halogenated alkanes) is 32. The summed E-state index contributed by atoms with van der Waals surface area (Å²) in [6.45, 7) is 1.62. The van der Waals surface area contributed by atoms with E-state index < -0.39 is 124 Å². The molecule has 110 heavy (non-hydrogen) atoms. The molecular formula is C91H155NO18. The van der Waals surface area contributed by atoms with E-state index in [1.54, 1.807) is 6.08 Å². The molecule has 3 saturated heterocycles. The van der Waals surface area contributed by atoms with Crippen molar-refractivity contribution in [1.29, 1.82) is 0 Å². The topological polar surface area (TPSA) is 307 Å². The zero-order chi connectivity index (χ0) is 79.5. The summed E-state index contributed by atoms with van der Waals surface area (Å²) in [6.07, 6.45) is 73.0. The summed E-state index contributed by atoms with van der Waals surface area (Å²) < 4.78 is 34.5. The smallest absolute Gasteiger partial charge is 0.220 e. The maximum absolute atomic E-state index is 13.5. The van der Waals surface area contributed by atoms with Crippen molar-refractivity contribution in [1.82, 2.24) is 5.32 Å². The highest BCUT2D eigenvalue weighted by atomic mass is 16.8. The first kappa shape index (κ1) is 100. The van der Waals surface area contributed by atoms with Crippen LogP contribution in [0.2, 0.25) is 0 Å². The van der Waals surface area contributed by atoms with E-state index >= 15 is 0 Å². The summed E-state index contributed by atoms with van der Waals surface area (Å²) in [7, 11) is 0. The molecule has 0 aromatic rings. The van der Waals surface area contributed by atoms with Crippen LogP contribution in [0.3, 0.4) is 0 Å². The molecule has 3 aliphatic rings. The van der Waals surface area contributed by atoms with Crippen molar-refractivity contribution >= 4 is 5.91 Å². The average Bonchev–Trinajstić information content (AvgIpc) is 0.780. The van der Waals surface area contributed by atoms with Gasteiger partial charge in [-0.05, 0) is 109 Å². The molecule has 3 fully saturated rings. The Kier molecular flexibility index (Phi) is 63.0. The van der Waals surface area contributed by atoms with Crippen LogP contribution in [0.25, 0.3) is 0 Å². The maximum atomic E-state index is 13.5. The minimum atomic E-state index is -1.99. The third-order valence-electron chi connectivity index (χ3n) is 20.7. The molecule has 0 aromatic carbocycles. The van der Waals surface area contributed by atoms with Gasteiger partial charge in [-0.25, -0.2) is 0 Å². The highest BCUT2D eigenvalue weighted by molar-refractivity contribution is 5.76. The molecule has 17 unspecified atom stereocenters. The molecule has 0 radical (unpaired) electrons. The van der Waals surface area contributed by atoms with E-state index in [-0.39, 0.29) is 18.9 Å². The summed E-state index contributed by atoms with van der Waals surface area (Å²) in [5.41, 5.74) is 0. The Morgan fingerprint density at radius 1 is 0.336 bits per heavy atom. The lowest BCUT2D eigenvalue weighted by molar-refractivity contribution is -0.379. The normalized spacial score (nSPS) is 25.8. The fourth-order valence-electron chi connectivity index (χ4n) is 13.8. The minimum absolute atomic E-state index is 0.224. The van der Waals surface area contributed by atoms with Gasteiger partial charge in [-0.3, -0.25) is 4.79 Å². The predicted octanol–water partition coefficient (Wildman–Crippen LogP) is 16.0. The highest BCUT2D eigenvalue weighted by Crippen LogP contribution is 2.33. The lowest BCUT2D eigenvalue weighted by Gasteiger charge is -2.48. The van der Waals surface area contributed by atoms with Crippen LogP contribution in [0.4, 0.5) is 0 Å². The van der Waals surface area contributed by atoms with E-state index in [1.165, 1.54) is 161 Å². The summed E-state index contributed by atoms with van der Waals surface area (Å²) >= 11 is 0. The third-order valence-corrected chi connectivity index (χ3v) is 20.7. The van der Waals surface area contributed by atoms with Gasteiger partial charge in [0.2, 0.25) is 5.91 Å². The van der Waals surface area contributed by atoms with Crippen molar-refractivity contribution in [3.05, 3.63) is 134 Å². The molecule has 3 heterocycles. The molecule has 0 aromatic heterocycles. The molecule has 3 aliphatic heterocycles. The third kappa shape index (κ3) is 47.7. The number of allylic oxidation sites excluding steroid dienone is 21. The number of aliphatic hydroxyl groups excluding tert-OH is 11. The van der Waals surface area contributed by atoms with E-state index in [2.05, 4.69) is 141 Å². The number of ether oxygens (including phenoxy) is 6. The number of carbonyl (C=O) groups is 1. The largest absolute Gasteiger partial charge is 0.394 e. The molecule has 0 spiro atoms. The number of hydrogen-bond donors (Lipinski definition) is 12. The second-order valence-corrected chi connectivity index (χ2v) is 30.2. The number of amides is 1.